The molecular formula is C13H16N2O. The Morgan fingerprint density at radius 2 is 2.19 bits per heavy atom. The average Bonchev–Trinajstić information content (AvgIpc) is 2.60. The van der Waals surface area contributed by atoms with Crippen LogP contribution >= 0.6 is 0 Å². The number of aryl methyl sites for hydroxylation is 2. The molecule has 1 aromatic carbocycles. The first-order valence-electron chi connectivity index (χ1n) is 5.41. The topological polar surface area (TPSA) is 38.1 Å². The average molecular weight is 216 g/mol. The van der Waals surface area contributed by atoms with Gasteiger partial charge in [0.2, 0.25) is 0 Å². The molecule has 2 rings (SSSR count). The Bertz CT molecular complexity index is 488. The van der Waals surface area contributed by atoms with Crippen LogP contribution in [0.5, 0.6) is 0 Å². The lowest BCUT2D eigenvalue weighted by Crippen LogP contribution is -1.91. The van der Waals surface area contributed by atoms with Gasteiger partial charge in [-0.1, -0.05) is 23.8 Å². The van der Waals surface area contributed by atoms with Gasteiger partial charge in [0.25, 0.3) is 0 Å². The molecule has 0 aliphatic carbocycles. The number of benzene rings is 1. The van der Waals surface area contributed by atoms with Crippen LogP contribution in [0.1, 0.15) is 11.3 Å². The fourth-order valence-corrected chi connectivity index (χ4v) is 1.82. The van der Waals surface area contributed by atoms with Gasteiger partial charge in [-0.25, -0.2) is 4.98 Å². The first kappa shape index (κ1) is 10.9. The highest BCUT2D eigenvalue weighted by atomic mass is 16.3. The van der Waals surface area contributed by atoms with E-state index >= 15 is 0 Å². The monoisotopic (exact) mass is 216 g/mol. The van der Waals surface area contributed by atoms with Crippen molar-refractivity contribution in [2.45, 2.75) is 13.3 Å². The molecule has 3 heteroatoms. The van der Waals surface area contributed by atoms with Crippen molar-refractivity contribution in [3.05, 3.63) is 41.7 Å². The lowest BCUT2D eigenvalue weighted by molar-refractivity contribution is 0.298. The van der Waals surface area contributed by atoms with Crippen molar-refractivity contribution in [1.29, 1.82) is 0 Å². The number of hydrogen-bond donors (Lipinski definition) is 1. The van der Waals surface area contributed by atoms with Crippen LogP contribution in [0.25, 0.3) is 11.4 Å². The summed E-state index contributed by atoms with van der Waals surface area (Å²) in [5.74, 6) is 0.951. The Kier molecular flexibility index (Phi) is 3.06. The second-order valence-corrected chi connectivity index (χ2v) is 4.01. The molecule has 0 unspecified atom stereocenters. The number of nitrogens with zero attached hydrogens (tertiary/aromatic N) is 2. The van der Waals surface area contributed by atoms with E-state index in [1.807, 2.05) is 23.9 Å². The quantitative estimate of drug-likeness (QED) is 0.851. The van der Waals surface area contributed by atoms with Crippen molar-refractivity contribution in [3.8, 4) is 11.4 Å². The standard InChI is InChI=1S/C13H16N2O/c1-10-4-3-5-11(8-10)13-14-12(6-7-16)9-15(13)2/h3-5,8-9,16H,6-7H2,1-2H3. The molecule has 1 heterocycles. The fourth-order valence-electron chi connectivity index (χ4n) is 1.82. The summed E-state index contributed by atoms with van der Waals surface area (Å²) in [6.07, 6.45) is 2.58. The molecule has 0 spiro atoms. The second-order valence-electron chi connectivity index (χ2n) is 4.01. The normalized spacial score (nSPS) is 10.7. The Morgan fingerprint density at radius 3 is 2.88 bits per heavy atom. The minimum atomic E-state index is 0.143. The largest absolute Gasteiger partial charge is 0.396 e. The highest BCUT2D eigenvalue weighted by molar-refractivity contribution is 5.57. The predicted molar refractivity (Wildman–Crippen MR) is 64.2 cm³/mol. The Labute approximate surface area is 95.4 Å². The zero-order chi connectivity index (χ0) is 11.5. The van der Waals surface area contributed by atoms with Crippen molar-refractivity contribution >= 4 is 0 Å². The predicted octanol–water partition coefficient (Wildman–Crippen LogP) is 1.93. The fraction of sp³-hybridized carbons (Fsp3) is 0.308. The van der Waals surface area contributed by atoms with Gasteiger partial charge in [0, 0.05) is 31.8 Å². The van der Waals surface area contributed by atoms with Gasteiger partial charge in [-0.15, -0.1) is 0 Å². The lowest BCUT2D eigenvalue weighted by Gasteiger charge is -2.02. The molecule has 16 heavy (non-hydrogen) atoms. The van der Waals surface area contributed by atoms with Crippen molar-refractivity contribution in [3.63, 3.8) is 0 Å². The second kappa shape index (κ2) is 4.49. The Morgan fingerprint density at radius 1 is 1.38 bits per heavy atom. The SMILES string of the molecule is Cc1cccc(-c2nc(CCO)cn2C)c1. The number of aliphatic hydroxyl groups is 1. The van der Waals surface area contributed by atoms with Crippen molar-refractivity contribution in [2.24, 2.45) is 7.05 Å². The van der Waals surface area contributed by atoms with Crippen LogP contribution in [0.3, 0.4) is 0 Å². The molecule has 2 aromatic rings. The molecule has 0 aliphatic rings. The molecule has 0 amide bonds. The molecule has 0 bridgehead atoms. The maximum absolute atomic E-state index is 8.89. The number of rotatable bonds is 3. The van der Waals surface area contributed by atoms with E-state index in [9.17, 15) is 0 Å². The summed E-state index contributed by atoms with van der Waals surface area (Å²) < 4.78 is 2.00. The zero-order valence-corrected chi connectivity index (χ0v) is 9.64. The number of aromatic nitrogens is 2. The summed E-state index contributed by atoms with van der Waals surface area (Å²) in [4.78, 5) is 4.51. The molecule has 84 valence electrons. The first-order valence-corrected chi connectivity index (χ1v) is 5.41. The minimum Gasteiger partial charge on any atom is -0.396 e. The summed E-state index contributed by atoms with van der Waals surface area (Å²) >= 11 is 0. The highest BCUT2D eigenvalue weighted by Crippen LogP contribution is 2.19. The third-order valence-electron chi connectivity index (χ3n) is 2.57. The van der Waals surface area contributed by atoms with Crippen molar-refractivity contribution in [1.82, 2.24) is 9.55 Å². The first-order chi connectivity index (χ1) is 7.70. The number of imidazole rings is 1. The summed E-state index contributed by atoms with van der Waals surface area (Å²) in [6, 6.07) is 8.27. The van der Waals surface area contributed by atoms with E-state index in [1.54, 1.807) is 0 Å². The molecule has 0 saturated heterocycles. The molecule has 1 aromatic heterocycles. The van der Waals surface area contributed by atoms with Gasteiger partial charge in [0.15, 0.2) is 0 Å². The summed E-state index contributed by atoms with van der Waals surface area (Å²) in [7, 11) is 1.98. The van der Waals surface area contributed by atoms with E-state index in [0.29, 0.717) is 6.42 Å². The van der Waals surface area contributed by atoms with Gasteiger partial charge in [-0.2, -0.15) is 0 Å². The Hall–Kier alpha value is -1.61. The van der Waals surface area contributed by atoms with Crippen LogP contribution in [0.2, 0.25) is 0 Å². The number of aliphatic hydroxyl groups excluding tert-OH is 1. The van der Waals surface area contributed by atoms with Crippen LogP contribution in [-0.4, -0.2) is 21.3 Å². The molecule has 0 fully saturated rings. The smallest absolute Gasteiger partial charge is 0.139 e. The molecule has 0 radical (unpaired) electrons. The molecule has 1 N–H and O–H groups in total. The van der Waals surface area contributed by atoms with E-state index < -0.39 is 0 Å². The third-order valence-corrected chi connectivity index (χ3v) is 2.57. The van der Waals surface area contributed by atoms with Crippen molar-refractivity contribution in [2.75, 3.05) is 6.61 Å². The lowest BCUT2D eigenvalue weighted by atomic mass is 10.1. The van der Waals surface area contributed by atoms with Crippen LogP contribution in [-0.2, 0) is 13.5 Å². The van der Waals surface area contributed by atoms with Gasteiger partial charge < -0.3 is 9.67 Å². The molecule has 0 aliphatic heterocycles. The summed E-state index contributed by atoms with van der Waals surface area (Å²) in [5.41, 5.74) is 3.28. The maximum atomic E-state index is 8.89. The van der Waals surface area contributed by atoms with Crippen LogP contribution in [0.4, 0.5) is 0 Å². The van der Waals surface area contributed by atoms with Gasteiger partial charge in [-0.3, -0.25) is 0 Å². The molecule has 3 nitrogen and oxygen atoms in total. The van der Waals surface area contributed by atoms with Crippen LogP contribution in [0.15, 0.2) is 30.5 Å². The van der Waals surface area contributed by atoms with Gasteiger partial charge in [0.1, 0.15) is 5.82 Å². The minimum absolute atomic E-state index is 0.143. The van der Waals surface area contributed by atoms with E-state index in [0.717, 1.165) is 17.1 Å². The van der Waals surface area contributed by atoms with Crippen LogP contribution < -0.4 is 0 Å². The third kappa shape index (κ3) is 2.14. The number of hydrogen-bond acceptors (Lipinski definition) is 2. The maximum Gasteiger partial charge on any atom is 0.139 e. The molecule has 0 saturated carbocycles. The van der Waals surface area contributed by atoms with E-state index in [2.05, 4.69) is 30.1 Å². The molecule has 0 atom stereocenters. The zero-order valence-electron chi connectivity index (χ0n) is 9.64. The van der Waals surface area contributed by atoms with Gasteiger partial charge in [-0.05, 0) is 13.0 Å². The van der Waals surface area contributed by atoms with E-state index in [-0.39, 0.29) is 6.61 Å². The van der Waals surface area contributed by atoms with Crippen LogP contribution in [0, 0.1) is 6.92 Å². The van der Waals surface area contributed by atoms with Gasteiger partial charge >= 0.3 is 0 Å². The van der Waals surface area contributed by atoms with Gasteiger partial charge in [0.05, 0.1) is 5.69 Å². The van der Waals surface area contributed by atoms with Crippen molar-refractivity contribution < 1.29 is 5.11 Å². The molecular weight excluding hydrogens is 200 g/mol. The Balaban J connectivity index is 2.40. The summed E-state index contributed by atoms with van der Waals surface area (Å²) in [6.45, 7) is 2.21. The summed E-state index contributed by atoms with van der Waals surface area (Å²) in [5, 5.41) is 8.89. The van der Waals surface area contributed by atoms with E-state index in [1.165, 1.54) is 5.56 Å². The van der Waals surface area contributed by atoms with E-state index in [4.69, 9.17) is 5.11 Å². The highest BCUT2D eigenvalue weighted by Gasteiger charge is 2.07.